The van der Waals surface area contributed by atoms with Crippen LogP contribution < -0.4 is 10.9 Å². The van der Waals surface area contributed by atoms with E-state index in [0.29, 0.717) is 23.5 Å². The van der Waals surface area contributed by atoms with Crippen LogP contribution in [0.1, 0.15) is 46.5 Å². The predicted molar refractivity (Wildman–Crippen MR) is 89.6 cm³/mol. The molecule has 0 amide bonds. The number of hydrogen-bond acceptors (Lipinski definition) is 5. The Bertz CT molecular complexity index is 752. The van der Waals surface area contributed by atoms with Crippen molar-refractivity contribution < 1.29 is 5.11 Å². The van der Waals surface area contributed by atoms with Gasteiger partial charge in [0.1, 0.15) is 5.39 Å². The Labute approximate surface area is 135 Å². The molecule has 0 aliphatic heterocycles. The largest absolute Gasteiger partial charge is 0.396 e. The van der Waals surface area contributed by atoms with Crippen molar-refractivity contribution in [1.29, 1.82) is 0 Å². The summed E-state index contributed by atoms with van der Waals surface area (Å²) >= 11 is 0. The summed E-state index contributed by atoms with van der Waals surface area (Å²) < 4.78 is 1.77. The average molecular weight is 319 g/mol. The molecule has 0 atom stereocenters. The number of nitrogens with one attached hydrogen (secondary N) is 2. The molecule has 0 unspecified atom stereocenters. The molecule has 3 N–H and O–H groups in total. The van der Waals surface area contributed by atoms with Crippen molar-refractivity contribution in [2.75, 3.05) is 18.5 Å². The molecule has 2 heterocycles. The van der Waals surface area contributed by atoms with Crippen LogP contribution in [-0.4, -0.2) is 38.0 Å². The van der Waals surface area contributed by atoms with Gasteiger partial charge in [-0.2, -0.15) is 10.1 Å². The van der Waals surface area contributed by atoms with E-state index < -0.39 is 0 Å². The topological polar surface area (TPSA) is 95.8 Å². The monoisotopic (exact) mass is 319 g/mol. The highest BCUT2D eigenvalue weighted by Gasteiger charge is 2.36. The number of hydrogen-bond donors (Lipinski definition) is 3. The van der Waals surface area contributed by atoms with Gasteiger partial charge < -0.3 is 10.4 Å². The Morgan fingerprint density at radius 2 is 2.17 bits per heavy atom. The minimum atomic E-state index is -0.244. The summed E-state index contributed by atoms with van der Waals surface area (Å²) in [5.74, 6) is 0.470. The quantitative estimate of drug-likeness (QED) is 0.781. The molecule has 7 heteroatoms. The first-order chi connectivity index (χ1) is 10.8. The number of aliphatic hydroxyl groups excluding tert-OH is 1. The SMILES string of the molecule is CC(C)(C)n1ncc2c(=O)[nH]c(NCC3(CCO)CCC3)nc21. The molecule has 0 saturated heterocycles. The minimum absolute atomic E-state index is 0.131. The summed E-state index contributed by atoms with van der Waals surface area (Å²) in [6.45, 7) is 6.99. The lowest BCUT2D eigenvalue weighted by molar-refractivity contribution is 0.101. The van der Waals surface area contributed by atoms with Gasteiger partial charge in [0.25, 0.3) is 5.56 Å². The maximum Gasteiger partial charge on any atom is 0.263 e. The Kier molecular flexibility index (Phi) is 3.91. The van der Waals surface area contributed by atoms with Crippen molar-refractivity contribution in [3.05, 3.63) is 16.6 Å². The summed E-state index contributed by atoms with van der Waals surface area (Å²) in [7, 11) is 0. The smallest absolute Gasteiger partial charge is 0.263 e. The third-order valence-corrected chi connectivity index (χ3v) is 4.76. The first-order valence-corrected chi connectivity index (χ1v) is 8.18. The normalized spacial score (nSPS) is 17.2. The zero-order valence-corrected chi connectivity index (χ0v) is 14.0. The van der Waals surface area contributed by atoms with E-state index in [4.69, 9.17) is 0 Å². The van der Waals surface area contributed by atoms with Crippen molar-refractivity contribution in [2.45, 2.75) is 52.0 Å². The van der Waals surface area contributed by atoms with E-state index in [1.54, 1.807) is 10.9 Å². The molecular weight excluding hydrogens is 294 g/mol. The van der Waals surface area contributed by atoms with Crippen LogP contribution in [0.5, 0.6) is 0 Å². The summed E-state index contributed by atoms with van der Waals surface area (Å²) in [4.78, 5) is 19.6. The summed E-state index contributed by atoms with van der Waals surface area (Å²) in [6, 6.07) is 0. The molecule has 126 valence electrons. The van der Waals surface area contributed by atoms with Gasteiger partial charge in [0.05, 0.1) is 11.7 Å². The first-order valence-electron chi connectivity index (χ1n) is 8.18. The van der Waals surface area contributed by atoms with Crippen molar-refractivity contribution in [3.63, 3.8) is 0 Å². The fourth-order valence-electron chi connectivity index (χ4n) is 3.19. The molecule has 0 bridgehead atoms. The van der Waals surface area contributed by atoms with Gasteiger partial charge in [0.15, 0.2) is 5.65 Å². The molecule has 1 fully saturated rings. The van der Waals surface area contributed by atoms with Crippen LogP contribution in [-0.2, 0) is 5.54 Å². The fraction of sp³-hybridized carbons (Fsp3) is 0.688. The lowest BCUT2D eigenvalue weighted by Gasteiger charge is -2.41. The second-order valence-electron chi connectivity index (χ2n) is 7.56. The van der Waals surface area contributed by atoms with Crippen LogP contribution >= 0.6 is 0 Å². The van der Waals surface area contributed by atoms with Crippen LogP contribution in [0.15, 0.2) is 11.0 Å². The highest BCUT2D eigenvalue weighted by molar-refractivity contribution is 5.74. The fourth-order valence-corrected chi connectivity index (χ4v) is 3.19. The van der Waals surface area contributed by atoms with Crippen LogP contribution in [0.4, 0.5) is 5.95 Å². The first kappa shape index (κ1) is 16.0. The molecule has 1 saturated carbocycles. The predicted octanol–water partition coefficient (Wildman–Crippen LogP) is 1.84. The third-order valence-electron chi connectivity index (χ3n) is 4.76. The highest BCUT2D eigenvalue weighted by atomic mass is 16.3. The Hall–Kier alpha value is -1.89. The van der Waals surface area contributed by atoms with Gasteiger partial charge in [0.2, 0.25) is 5.95 Å². The zero-order valence-electron chi connectivity index (χ0n) is 14.0. The minimum Gasteiger partial charge on any atom is -0.396 e. The van der Waals surface area contributed by atoms with E-state index in [0.717, 1.165) is 19.3 Å². The summed E-state index contributed by atoms with van der Waals surface area (Å²) in [5, 5.41) is 17.3. The number of aromatic amines is 1. The van der Waals surface area contributed by atoms with Gasteiger partial charge in [-0.3, -0.25) is 9.78 Å². The van der Waals surface area contributed by atoms with E-state index >= 15 is 0 Å². The molecule has 1 aliphatic carbocycles. The second kappa shape index (κ2) is 5.63. The number of fused-ring (bicyclic) bond motifs is 1. The number of aliphatic hydroxyl groups is 1. The van der Waals surface area contributed by atoms with E-state index in [2.05, 4.69) is 20.4 Å². The molecule has 0 radical (unpaired) electrons. The Balaban J connectivity index is 1.88. The molecular formula is C16H25N5O2. The van der Waals surface area contributed by atoms with Crippen molar-refractivity contribution in [1.82, 2.24) is 19.7 Å². The summed E-state index contributed by atoms with van der Waals surface area (Å²) in [5.41, 5.74) is 0.296. The van der Waals surface area contributed by atoms with Crippen molar-refractivity contribution in [3.8, 4) is 0 Å². The van der Waals surface area contributed by atoms with Gasteiger partial charge in [-0.15, -0.1) is 0 Å². The Morgan fingerprint density at radius 3 is 2.74 bits per heavy atom. The van der Waals surface area contributed by atoms with E-state index in [-0.39, 0.29) is 23.1 Å². The lowest BCUT2D eigenvalue weighted by Crippen LogP contribution is -2.38. The number of rotatable bonds is 5. The van der Waals surface area contributed by atoms with E-state index in [1.807, 2.05) is 20.8 Å². The number of anilines is 1. The molecule has 3 rings (SSSR count). The van der Waals surface area contributed by atoms with Gasteiger partial charge in [-0.1, -0.05) is 6.42 Å². The maximum atomic E-state index is 12.2. The van der Waals surface area contributed by atoms with E-state index in [9.17, 15) is 9.90 Å². The van der Waals surface area contributed by atoms with Crippen LogP contribution in [0.25, 0.3) is 11.0 Å². The maximum absolute atomic E-state index is 12.2. The molecule has 0 spiro atoms. The highest BCUT2D eigenvalue weighted by Crippen LogP contribution is 2.43. The molecule has 1 aliphatic rings. The van der Waals surface area contributed by atoms with Crippen molar-refractivity contribution in [2.24, 2.45) is 5.41 Å². The third kappa shape index (κ3) is 2.97. The van der Waals surface area contributed by atoms with Crippen molar-refractivity contribution >= 4 is 17.0 Å². The van der Waals surface area contributed by atoms with Crippen LogP contribution in [0.3, 0.4) is 0 Å². The molecule has 2 aromatic heterocycles. The molecule has 2 aromatic rings. The standard InChI is InChI=1S/C16H25N5O2/c1-15(2,3)21-12-11(9-18-21)13(23)20-14(19-12)17-10-16(7-8-22)5-4-6-16/h9,22H,4-8,10H2,1-3H3,(H2,17,19,20,23). The van der Waals surface area contributed by atoms with Gasteiger partial charge in [-0.25, -0.2) is 4.68 Å². The van der Waals surface area contributed by atoms with Crippen LogP contribution in [0, 0.1) is 5.41 Å². The van der Waals surface area contributed by atoms with Gasteiger partial charge in [0, 0.05) is 13.2 Å². The van der Waals surface area contributed by atoms with Crippen LogP contribution in [0.2, 0.25) is 0 Å². The number of H-pyrrole nitrogens is 1. The van der Waals surface area contributed by atoms with E-state index in [1.165, 1.54) is 6.42 Å². The Morgan fingerprint density at radius 1 is 1.43 bits per heavy atom. The lowest BCUT2D eigenvalue weighted by atomic mass is 9.67. The molecule has 7 nitrogen and oxygen atoms in total. The van der Waals surface area contributed by atoms with Gasteiger partial charge >= 0.3 is 0 Å². The summed E-state index contributed by atoms with van der Waals surface area (Å²) in [6.07, 6.45) is 5.75. The molecule has 23 heavy (non-hydrogen) atoms. The second-order valence-corrected chi connectivity index (χ2v) is 7.56. The number of nitrogens with zero attached hydrogens (tertiary/aromatic N) is 3. The molecule has 0 aromatic carbocycles. The zero-order chi connectivity index (χ0) is 16.7. The number of aromatic nitrogens is 4. The average Bonchev–Trinajstić information content (AvgIpc) is 2.86. The van der Waals surface area contributed by atoms with Gasteiger partial charge in [-0.05, 0) is 45.4 Å².